The molecule has 0 bridgehead atoms. The number of hydrogen-bond acceptors (Lipinski definition) is 7. The second-order valence-corrected chi connectivity index (χ2v) is 14.4. The van der Waals surface area contributed by atoms with Gasteiger partial charge in [0.25, 0.3) is 0 Å². The number of carbonyl (C=O) groups excluding carboxylic acids is 3. The van der Waals surface area contributed by atoms with E-state index < -0.39 is 27.7 Å². The molecule has 11 heteroatoms. The molecule has 0 aliphatic heterocycles. The van der Waals surface area contributed by atoms with E-state index in [0.717, 1.165) is 10.7 Å². The van der Waals surface area contributed by atoms with Crippen LogP contribution in [0.1, 0.15) is 77.3 Å². The third-order valence-corrected chi connectivity index (χ3v) is 8.31. The third kappa shape index (κ3) is 6.82. The summed E-state index contributed by atoms with van der Waals surface area (Å²) < 4.78 is 22.0. The lowest BCUT2D eigenvalue weighted by atomic mass is 9.80. The number of benzene rings is 1. The van der Waals surface area contributed by atoms with Crippen molar-refractivity contribution in [3.8, 4) is 5.75 Å². The predicted octanol–water partition coefficient (Wildman–Crippen LogP) is 6.37. The van der Waals surface area contributed by atoms with E-state index in [2.05, 4.69) is 9.71 Å². The molecule has 0 saturated heterocycles. The number of amides is 1. The molecule has 0 fully saturated rings. The van der Waals surface area contributed by atoms with Gasteiger partial charge in [0.15, 0.2) is 11.6 Å². The van der Waals surface area contributed by atoms with Crippen LogP contribution in [0.25, 0.3) is 5.52 Å². The van der Waals surface area contributed by atoms with E-state index in [1.165, 1.54) is 17.6 Å². The zero-order valence-electron chi connectivity index (χ0n) is 24.7. The number of aromatic nitrogens is 2. The highest BCUT2D eigenvalue weighted by atomic mass is 35.5. The Morgan fingerprint density at radius 3 is 2.31 bits per heavy atom. The molecule has 0 aliphatic rings. The van der Waals surface area contributed by atoms with E-state index in [9.17, 15) is 18.6 Å². The van der Waals surface area contributed by atoms with Crippen LogP contribution in [0.3, 0.4) is 0 Å². The Bertz CT molecular complexity index is 1700. The van der Waals surface area contributed by atoms with E-state index in [0.29, 0.717) is 38.7 Å². The molecule has 0 spiro atoms. The van der Waals surface area contributed by atoms with Crippen molar-refractivity contribution in [2.75, 3.05) is 6.26 Å². The summed E-state index contributed by atoms with van der Waals surface area (Å²) in [6.07, 6.45) is 3.11. The first-order valence-electron chi connectivity index (χ1n) is 13.3. The zero-order chi connectivity index (χ0) is 31.0. The molecule has 4 aromatic rings. The lowest BCUT2D eigenvalue weighted by molar-refractivity contribution is -0.127. The number of rotatable bonds is 10. The Hall–Kier alpha value is -3.34. The highest BCUT2D eigenvalue weighted by Gasteiger charge is 2.38. The van der Waals surface area contributed by atoms with Gasteiger partial charge in [-0.2, -0.15) is 0 Å². The zero-order valence-corrected chi connectivity index (χ0v) is 27.1. The van der Waals surface area contributed by atoms with Gasteiger partial charge in [-0.05, 0) is 55.3 Å². The normalized spacial score (nSPS) is 12.8. The average Bonchev–Trinajstić information content (AvgIpc) is 3.45. The second-order valence-electron chi connectivity index (χ2n) is 11.8. The predicted molar refractivity (Wildman–Crippen MR) is 167 cm³/mol. The van der Waals surface area contributed by atoms with Crippen molar-refractivity contribution in [1.29, 1.82) is 0 Å². The standard InChI is InChI=1S/C31H34ClN3O5S2/c1-18-33-21(17-41-18)16-40-22-12-13-24-25(27(36)19-8-10-20(32)11-9-19)23(14-31(5,6)29(38)34-42(7)39)26(35(24)15-22)28(37)30(2,3)4/h8-13,15,17H,14,16H2,1-7H3,(H,34,38). The summed E-state index contributed by atoms with van der Waals surface area (Å²) in [5, 5.41) is 3.34. The number of halogens is 1. The molecule has 1 amide bonds. The molecule has 222 valence electrons. The van der Waals surface area contributed by atoms with Gasteiger partial charge in [0, 0.05) is 33.1 Å². The largest absolute Gasteiger partial charge is 0.486 e. The molecule has 42 heavy (non-hydrogen) atoms. The van der Waals surface area contributed by atoms with Gasteiger partial charge in [-0.25, -0.2) is 9.19 Å². The van der Waals surface area contributed by atoms with Gasteiger partial charge in [-0.1, -0.05) is 46.2 Å². The number of carbonyl (C=O) groups is 3. The lowest BCUT2D eigenvalue weighted by Crippen LogP contribution is -2.39. The molecule has 4 rings (SSSR count). The minimum absolute atomic E-state index is 0.0395. The van der Waals surface area contributed by atoms with Crippen molar-refractivity contribution < 1.29 is 23.3 Å². The Kier molecular flexibility index (Phi) is 9.11. The van der Waals surface area contributed by atoms with Crippen LogP contribution in [-0.2, 0) is 28.8 Å². The third-order valence-electron chi connectivity index (χ3n) is 6.76. The number of thiazole rings is 1. The molecule has 0 radical (unpaired) electrons. The molecule has 3 aromatic heterocycles. The van der Waals surface area contributed by atoms with Crippen LogP contribution < -0.4 is 9.46 Å². The monoisotopic (exact) mass is 627 g/mol. The summed E-state index contributed by atoms with van der Waals surface area (Å²) >= 11 is 7.62. The smallest absolute Gasteiger partial charge is 0.237 e. The van der Waals surface area contributed by atoms with E-state index in [-0.39, 0.29) is 24.6 Å². The summed E-state index contributed by atoms with van der Waals surface area (Å²) in [4.78, 5) is 45.8. The molecule has 0 aliphatic carbocycles. The van der Waals surface area contributed by atoms with Crippen LogP contribution in [0.2, 0.25) is 5.02 Å². The van der Waals surface area contributed by atoms with Crippen molar-refractivity contribution in [3.05, 3.63) is 86.1 Å². The van der Waals surface area contributed by atoms with Crippen molar-refractivity contribution in [2.24, 2.45) is 10.8 Å². The minimum Gasteiger partial charge on any atom is -0.486 e. The van der Waals surface area contributed by atoms with Gasteiger partial charge < -0.3 is 9.14 Å². The molecule has 1 atom stereocenters. The Morgan fingerprint density at radius 1 is 1.07 bits per heavy atom. The first-order chi connectivity index (χ1) is 19.6. The molecular weight excluding hydrogens is 594 g/mol. The van der Waals surface area contributed by atoms with Crippen molar-refractivity contribution >= 4 is 56.9 Å². The molecule has 1 unspecified atom stereocenters. The topological polar surface area (TPSA) is 107 Å². The van der Waals surface area contributed by atoms with Crippen LogP contribution in [-0.4, -0.2) is 37.3 Å². The summed E-state index contributed by atoms with van der Waals surface area (Å²) in [6.45, 7) is 11.0. The maximum atomic E-state index is 14.2. The van der Waals surface area contributed by atoms with Gasteiger partial charge >= 0.3 is 0 Å². The number of nitrogens with one attached hydrogen (secondary N) is 1. The van der Waals surface area contributed by atoms with Gasteiger partial charge in [-0.15, -0.1) is 11.3 Å². The Morgan fingerprint density at radius 2 is 1.74 bits per heavy atom. The van der Waals surface area contributed by atoms with Gasteiger partial charge in [0.2, 0.25) is 5.91 Å². The number of nitrogens with zero attached hydrogens (tertiary/aromatic N) is 2. The molecule has 8 nitrogen and oxygen atoms in total. The van der Waals surface area contributed by atoms with Gasteiger partial charge in [-0.3, -0.25) is 19.1 Å². The van der Waals surface area contributed by atoms with E-state index >= 15 is 0 Å². The number of Topliss-reactive ketones (excluding diaryl/α,β-unsaturated/α-hetero) is 1. The molecule has 0 saturated carbocycles. The summed E-state index contributed by atoms with van der Waals surface area (Å²) in [7, 11) is -1.58. The fourth-order valence-corrected chi connectivity index (χ4v) is 5.83. The van der Waals surface area contributed by atoms with Crippen LogP contribution in [0.4, 0.5) is 0 Å². The molecular formula is C31H34ClN3O5S2. The number of hydrogen-bond donors (Lipinski definition) is 1. The van der Waals surface area contributed by atoms with Crippen molar-refractivity contribution in [1.82, 2.24) is 14.1 Å². The van der Waals surface area contributed by atoms with Crippen LogP contribution in [0.15, 0.2) is 48.0 Å². The summed E-state index contributed by atoms with van der Waals surface area (Å²) in [5.74, 6) is -0.485. The first-order valence-corrected chi connectivity index (χ1v) is 16.1. The number of ether oxygens (including phenoxy) is 1. The molecule has 3 heterocycles. The highest BCUT2D eigenvalue weighted by molar-refractivity contribution is 7.82. The lowest BCUT2D eigenvalue weighted by Gasteiger charge is -2.25. The van der Waals surface area contributed by atoms with E-state index in [1.54, 1.807) is 60.8 Å². The SMILES string of the molecule is Cc1nc(COc2ccc3c(C(=O)c4ccc(Cl)cc4)c(CC(C)(C)C(=O)NS(C)=O)c(C(=O)C(C)(C)C)n3c2)cs1. The van der Waals surface area contributed by atoms with Crippen LogP contribution in [0.5, 0.6) is 5.75 Å². The average molecular weight is 628 g/mol. The van der Waals surface area contributed by atoms with E-state index in [1.807, 2.05) is 33.1 Å². The van der Waals surface area contributed by atoms with Crippen molar-refractivity contribution in [3.63, 3.8) is 0 Å². The minimum atomic E-state index is -1.58. The van der Waals surface area contributed by atoms with E-state index in [4.69, 9.17) is 16.3 Å². The fraction of sp³-hybridized carbons (Fsp3) is 0.355. The number of ketones is 2. The number of fused-ring (bicyclic) bond motifs is 1. The maximum Gasteiger partial charge on any atom is 0.237 e. The van der Waals surface area contributed by atoms with Crippen molar-refractivity contribution in [2.45, 2.75) is 54.6 Å². The first kappa shape index (κ1) is 31.6. The number of pyridine rings is 1. The van der Waals surface area contributed by atoms with Gasteiger partial charge in [0.1, 0.15) is 23.3 Å². The Labute approximate surface area is 257 Å². The molecule has 1 aromatic carbocycles. The Balaban J connectivity index is 1.95. The maximum absolute atomic E-state index is 14.2. The van der Waals surface area contributed by atoms with Crippen LogP contribution in [0, 0.1) is 17.8 Å². The summed E-state index contributed by atoms with van der Waals surface area (Å²) in [6, 6.07) is 10.0. The van der Waals surface area contributed by atoms with Crippen LogP contribution >= 0.6 is 22.9 Å². The quantitative estimate of drug-likeness (QED) is 0.205. The molecule has 1 N–H and O–H groups in total. The summed E-state index contributed by atoms with van der Waals surface area (Å²) in [5.41, 5.74) is 0.800. The fourth-order valence-electron chi connectivity index (χ4n) is 4.57. The second kappa shape index (κ2) is 12.1. The number of aryl methyl sites for hydroxylation is 1. The van der Waals surface area contributed by atoms with Gasteiger partial charge in [0.05, 0.1) is 33.7 Å². The highest BCUT2D eigenvalue weighted by Crippen LogP contribution is 2.37.